The van der Waals surface area contributed by atoms with Crippen LogP contribution in [0.3, 0.4) is 0 Å². The van der Waals surface area contributed by atoms with E-state index in [9.17, 15) is 9.59 Å². The highest BCUT2D eigenvalue weighted by Gasteiger charge is 2.15. The summed E-state index contributed by atoms with van der Waals surface area (Å²) in [5.74, 6) is 8.08. The fourth-order valence-corrected chi connectivity index (χ4v) is 2.30. The first-order valence-corrected chi connectivity index (χ1v) is 12.3. The van der Waals surface area contributed by atoms with E-state index >= 15 is 0 Å². The number of pyridine rings is 2. The molecule has 37 heavy (non-hydrogen) atoms. The number of nitrogens with zero attached hydrogens (tertiary/aromatic N) is 2. The summed E-state index contributed by atoms with van der Waals surface area (Å²) < 4.78 is 11.0. The zero-order valence-corrected chi connectivity index (χ0v) is 24.4. The standard InChI is InChI=1S/C14H18N2O2.C8H13NO2.C6H6BrN/c1-11-7-9-15-10-12(11)6-5-8-16-13(17)18-14(2,3)4;1-5-6-9-7(10)11-8(2,3)4;1-5-2-3-8-4-6(5)7/h7,9-10H,8H2,1-4H3,(H,16,17);1H,6H2,2-4H3,(H,9,10);2-4H,1H3. The van der Waals surface area contributed by atoms with Gasteiger partial charge in [-0.25, -0.2) is 9.59 Å². The maximum atomic E-state index is 11.3. The van der Waals surface area contributed by atoms with Crippen LogP contribution in [0.4, 0.5) is 9.59 Å². The second-order valence-corrected chi connectivity index (χ2v) is 10.4. The molecule has 0 saturated heterocycles. The van der Waals surface area contributed by atoms with E-state index in [4.69, 9.17) is 15.9 Å². The van der Waals surface area contributed by atoms with Gasteiger partial charge in [0.25, 0.3) is 0 Å². The summed E-state index contributed by atoms with van der Waals surface area (Å²) in [6.07, 6.45) is 11.0. The number of alkyl carbamates (subject to hydrolysis) is 2. The highest BCUT2D eigenvalue weighted by molar-refractivity contribution is 9.10. The number of aryl methyl sites for hydroxylation is 2. The highest BCUT2D eigenvalue weighted by atomic mass is 79.9. The van der Waals surface area contributed by atoms with Gasteiger partial charge in [-0.15, -0.1) is 6.42 Å². The smallest absolute Gasteiger partial charge is 0.408 e. The molecule has 2 aromatic heterocycles. The Balaban J connectivity index is 0.000000579. The summed E-state index contributed by atoms with van der Waals surface area (Å²) in [6, 6.07) is 3.86. The Morgan fingerprint density at radius 2 is 1.38 bits per heavy atom. The maximum absolute atomic E-state index is 11.3. The van der Waals surface area contributed by atoms with Crippen LogP contribution in [0.25, 0.3) is 0 Å². The predicted octanol–water partition coefficient (Wildman–Crippen LogP) is 5.56. The summed E-state index contributed by atoms with van der Waals surface area (Å²) in [5.41, 5.74) is 2.20. The number of rotatable bonds is 2. The van der Waals surface area contributed by atoms with Gasteiger partial charge in [0.2, 0.25) is 0 Å². The average Bonchev–Trinajstić information content (AvgIpc) is 2.77. The molecule has 200 valence electrons. The topological polar surface area (TPSA) is 102 Å². The normalized spacial score (nSPS) is 9.95. The van der Waals surface area contributed by atoms with E-state index in [-0.39, 0.29) is 13.1 Å². The number of aromatic nitrogens is 2. The Bertz CT molecular complexity index is 1080. The zero-order valence-electron chi connectivity index (χ0n) is 22.9. The molecule has 0 aliphatic heterocycles. The zero-order chi connectivity index (χ0) is 28.5. The minimum atomic E-state index is -0.489. The fourth-order valence-electron chi connectivity index (χ4n) is 2.05. The van der Waals surface area contributed by atoms with E-state index in [2.05, 4.69) is 54.3 Å². The molecule has 0 fully saturated rings. The monoisotopic (exact) mass is 572 g/mol. The second-order valence-electron chi connectivity index (χ2n) is 9.53. The Hall–Kier alpha value is -3.56. The Morgan fingerprint density at radius 1 is 0.892 bits per heavy atom. The number of ether oxygens (including phenoxy) is 2. The van der Waals surface area contributed by atoms with Gasteiger partial charge in [-0.1, -0.05) is 17.8 Å². The van der Waals surface area contributed by atoms with Gasteiger partial charge in [0.15, 0.2) is 0 Å². The molecular weight excluding hydrogens is 536 g/mol. The van der Waals surface area contributed by atoms with E-state index in [0.29, 0.717) is 0 Å². The lowest BCUT2D eigenvalue weighted by Gasteiger charge is -2.19. The van der Waals surface area contributed by atoms with Crippen LogP contribution in [0.1, 0.15) is 58.2 Å². The number of carbonyl (C=O) groups is 2. The van der Waals surface area contributed by atoms with Crippen molar-refractivity contribution in [3.8, 4) is 24.2 Å². The summed E-state index contributed by atoms with van der Waals surface area (Å²) in [6.45, 7) is 15.3. The molecular formula is C28H37BrN4O4. The van der Waals surface area contributed by atoms with E-state index in [1.165, 1.54) is 5.56 Å². The molecule has 0 aliphatic rings. The van der Waals surface area contributed by atoms with Crippen LogP contribution in [-0.4, -0.2) is 46.4 Å². The molecule has 2 aromatic rings. The third-order valence-electron chi connectivity index (χ3n) is 3.69. The molecule has 2 heterocycles. The van der Waals surface area contributed by atoms with E-state index in [1.807, 2.05) is 46.8 Å². The third-order valence-corrected chi connectivity index (χ3v) is 4.52. The summed E-state index contributed by atoms with van der Waals surface area (Å²) in [7, 11) is 0. The van der Waals surface area contributed by atoms with Crippen molar-refractivity contribution < 1.29 is 19.1 Å². The molecule has 8 nitrogen and oxygen atoms in total. The first-order chi connectivity index (χ1) is 17.1. The minimum Gasteiger partial charge on any atom is -0.444 e. The molecule has 0 unspecified atom stereocenters. The molecule has 0 atom stereocenters. The predicted molar refractivity (Wildman–Crippen MR) is 150 cm³/mol. The molecule has 0 bridgehead atoms. The highest BCUT2D eigenvalue weighted by Crippen LogP contribution is 2.11. The van der Waals surface area contributed by atoms with Crippen LogP contribution in [0.15, 0.2) is 41.4 Å². The van der Waals surface area contributed by atoms with Gasteiger partial charge in [0, 0.05) is 34.8 Å². The van der Waals surface area contributed by atoms with E-state index in [0.717, 1.165) is 15.6 Å². The Labute approximate surface area is 229 Å². The van der Waals surface area contributed by atoms with Crippen LogP contribution in [0, 0.1) is 38.0 Å². The number of nitrogens with one attached hydrogen (secondary N) is 2. The first-order valence-electron chi connectivity index (χ1n) is 11.5. The number of hydrogen-bond acceptors (Lipinski definition) is 6. The van der Waals surface area contributed by atoms with Crippen LogP contribution in [0.5, 0.6) is 0 Å². The van der Waals surface area contributed by atoms with Crippen molar-refractivity contribution in [2.24, 2.45) is 0 Å². The molecule has 0 aliphatic carbocycles. The van der Waals surface area contributed by atoms with Gasteiger partial charge in [0.05, 0.1) is 13.1 Å². The van der Waals surface area contributed by atoms with Crippen LogP contribution >= 0.6 is 15.9 Å². The van der Waals surface area contributed by atoms with Crippen LogP contribution < -0.4 is 10.6 Å². The number of amides is 2. The second kappa shape index (κ2) is 17.0. The van der Waals surface area contributed by atoms with Crippen molar-refractivity contribution in [3.63, 3.8) is 0 Å². The third kappa shape index (κ3) is 19.3. The summed E-state index contributed by atoms with van der Waals surface area (Å²) in [4.78, 5) is 30.0. The van der Waals surface area contributed by atoms with Gasteiger partial charge in [0.1, 0.15) is 11.2 Å². The lowest BCUT2D eigenvalue weighted by molar-refractivity contribution is 0.0523. The number of carbonyl (C=O) groups excluding carboxylic acids is 2. The molecule has 2 N–H and O–H groups in total. The summed E-state index contributed by atoms with van der Waals surface area (Å²) in [5, 5.41) is 4.97. The lowest BCUT2D eigenvalue weighted by atomic mass is 10.2. The van der Waals surface area contributed by atoms with Crippen molar-refractivity contribution in [1.29, 1.82) is 0 Å². The van der Waals surface area contributed by atoms with Gasteiger partial charge < -0.3 is 20.1 Å². The van der Waals surface area contributed by atoms with Crippen molar-refractivity contribution in [3.05, 3.63) is 58.1 Å². The Kier molecular flexibility index (Phi) is 15.4. The van der Waals surface area contributed by atoms with Gasteiger partial charge in [-0.2, -0.15) is 0 Å². The lowest BCUT2D eigenvalue weighted by Crippen LogP contribution is -2.32. The number of hydrogen-bond donors (Lipinski definition) is 2. The Morgan fingerprint density at radius 3 is 1.78 bits per heavy atom. The molecule has 0 radical (unpaired) electrons. The average molecular weight is 574 g/mol. The number of terminal acetylenes is 1. The van der Waals surface area contributed by atoms with Crippen LogP contribution in [0.2, 0.25) is 0 Å². The molecule has 9 heteroatoms. The van der Waals surface area contributed by atoms with Crippen molar-refractivity contribution in [2.75, 3.05) is 13.1 Å². The van der Waals surface area contributed by atoms with E-state index < -0.39 is 23.4 Å². The first kappa shape index (κ1) is 33.4. The molecule has 0 aromatic carbocycles. The molecule has 2 rings (SSSR count). The fraction of sp³-hybridized carbons (Fsp3) is 0.429. The molecule has 2 amide bonds. The quantitative estimate of drug-likeness (QED) is 0.456. The minimum absolute atomic E-state index is 0.203. The van der Waals surface area contributed by atoms with Gasteiger partial charge in [-0.3, -0.25) is 9.97 Å². The van der Waals surface area contributed by atoms with Crippen molar-refractivity contribution >= 4 is 28.1 Å². The molecule has 0 saturated carbocycles. The SMILES string of the molecule is C#CCNC(=O)OC(C)(C)C.Cc1ccncc1Br.Cc1ccncc1C#CCNC(=O)OC(C)(C)C. The van der Waals surface area contributed by atoms with Gasteiger partial charge in [-0.05, 0) is 94.6 Å². The molecule has 0 spiro atoms. The van der Waals surface area contributed by atoms with Crippen molar-refractivity contribution in [1.82, 2.24) is 20.6 Å². The number of halogens is 1. The van der Waals surface area contributed by atoms with Crippen LogP contribution in [-0.2, 0) is 9.47 Å². The van der Waals surface area contributed by atoms with Gasteiger partial charge >= 0.3 is 12.2 Å². The van der Waals surface area contributed by atoms with E-state index in [1.54, 1.807) is 45.6 Å². The maximum Gasteiger partial charge on any atom is 0.408 e. The van der Waals surface area contributed by atoms with Crippen molar-refractivity contribution in [2.45, 2.75) is 66.6 Å². The largest absolute Gasteiger partial charge is 0.444 e. The summed E-state index contributed by atoms with van der Waals surface area (Å²) >= 11 is 3.33.